The van der Waals surface area contributed by atoms with Gasteiger partial charge in [0.05, 0.1) is 5.69 Å². The number of carbonyl (C=O) groups is 1. The predicted octanol–water partition coefficient (Wildman–Crippen LogP) is 3.20. The molecule has 4 rings (SSSR count). The van der Waals surface area contributed by atoms with Crippen LogP contribution < -0.4 is 4.90 Å². The molecule has 136 valence electrons. The molecule has 1 aromatic carbocycles. The van der Waals surface area contributed by atoms with Gasteiger partial charge in [0.25, 0.3) is 5.91 Å². The van der Waals surface area contributed by atoms with E-state index >= 15 is 0 Å². The standard InChI is InChI=1S/C19H21IN4O2/c1-19(20)6-5-13-16(9-19)22-23-18(13)15-8-11-7-12(3-4-14(11)21-15)24(2)17(26)10-25/h3-4,7-8,21,25H,5-6,9-10H2,1-2H3,(H,22,23). The van der Waals surface area contributed by atoms with Crippen LogP contribution in [0.5, 0.6) is 0 Å². The predicted molar refractivity (Wildman–Crippen MR) is 111 cm³/mol. The Kier molecular flexibility index (Phi) is 4.31. The van der Waals surface area contributed by atoms with Crippen molar-refractivity contribution in [1.29, 1.82) is 0 Å². The van der Waals surface area contributed by atoms with Gasteiger partial charge in [0.1, 0.15) is 12.3 Å². The lowest BCUT2D eigenvalue weighted by Crippen LogP contribution is -2.28. The highest BCUT2D eigenvalue weighted by Gasteiger charge is 2.30. The lowest BCUT2D eigenvalue weighted by Gasteiger charge is -2.27. The van der Waals surface area contributed by atoms with Gasteiger partial charge in [0.15, 0.2) is 0 Å². The summed E-state index contributed by atoms with van der Waals surface area (Å²) in [5.74, 6) is -0.330. The first-order chi connectivity index (χ1) is 12.4. The quantitative estimate of drug-likeness (QED) is 0.411. The second kappa shape index (κ2) is 6.38. The van der Waals surface area contributed by atoms with Gasteiger partial charge in [-0.05, 0) is 37.1 Å². The van der Waals surface area contributed by atoms with Crippen LogP contribution in [0.3, 0.4) is 0 Å². The van der Waals surface area contributed by atoms with E-state index < -0.39 is 6.61 Å². The van der Waals surface area contributed by atoms with Gasteiger partial charge < -0.3 is 15.0 Å². The molecule has 7 heteroatoms. The average molecular weight is 464 g/mol. The topological polar surface area (TPSA) is 85.0 Å². The maximum atomic E-state index is 11.7. The van der Waals surface area contributed by atoms with Crippen LogP contribution in [0.1, 0.15) is 24.6 Å². The summed E-state index contributed by atoms with van der Waals surface area (Å²) in [5, 5.41) is 17.9. The molecule has 0 bridgehead atoms. The van der Waals surface area contributed by atoms with Crippen molar-refractivity contribution >= 4 is 45.1 Å². The lowest BCUT2D eigenvalue weighted by molar-refractivity contribution is -0.120. The van der Waals surface area contributed by atoms with Crippen LogP contribution in [0, 0.1) is 0 Å². The Morgan fingerprint density at radius 1 is 1.42 bits per heavy atom. The maximum Gasteiger partial charge on any atom is 0.252 e. The van der Waals surface area contributed by atoms with Gasteiger partial charge in [-0.15, -0.1) is 0 Å². The molecule has 1 amide bonds. The van der Waals surface area contributed by atoms with Crippen LogP contribution >= 0.6 is 22.6 Å². The van der Waals surface area contributed by atoms with Crippen molar-refractivity contribution in [3.63, 3.8) is 0 Å². The zero-order valence-electron chi connectivity index (χ0n) is 14.8. The number of fused-ring (bicyclic) bond motifs is 2. The molecule has 0 radical (unpaired) electrons. The summed E-state index contributed by atoms with van der Waals surface area (Å²) >= 11 is 2.54. The zero-order valence-corrected chi connectivity index (χ0v) is 16.9. The van der Waals surface area contributed by atoms with Crippen molar-refractivity contribution in [1.82, 2.24) is 15.2 Å². The van der Waals surface area contributed by atoms with Crippen molar-refractivity contribution < 1.29 is 9.90 Å². The minimum absolute atomic E-state index is 0.285. The van der Waals surface area contributed by atoms with Crippen LogP contribution in [-0.4, -0.2) is 43.3 Å². The molecule has 26 heavy (non-hydrogen) atoms. The van der Waals surface area contributed by atoms with E-state index in [0.29, 0.717) is 0 Å². The fraction of sp³-hybridized carbons (Fsp3) is 0.368. The van der Waals surface area contributed by atoms with Gasteiger partial charge in [-0.25, -0.2) is 0 Å². The number of benzene rings is 1. The first-order valence-corrected chi connectivity index (χ1v) is 9.71. The van der Waals surface area contributed by atoms with Crippen LogP contribution in [-0.2, 0) is 17.6 Å². The Balaban J connectivity index is 1.71. The largest absolute Gasteiger partial charge is 0.387 e. The molecular weight excluding hydrogens is 443 g/mol. The molecule has 0 aliphatic heterocycles. The fourth-order valence-electron chi connectivity index (χ4n) is 3.59. The molecule has 3 N–H and O–H groups in total. The number of likely N-dealkylation sites (N-methyl/N-ethyl adjacent to an activating group) is 1. The molecule has 1 atom stereocenters. The first kappa shape index (κ1) is 17.5. The Hall–Kier alpha value is -1.87. The van der Waals surface area contributed by atoms with Crippen LogP contribution in [0.4, 0.5) is 5.69 Å². The lowest BCUT2D eigenvalue weighted by atomic mass is 9.87. The van der Waals surface area contributed by atoms with Crippen molar-refractivity contribution in [2.45, 2.75) is 29.6 Å². The molecule has 3 aromatic rings. The highest BCUT2D eigenvalue weighted by molar-refractivity contribution is 14.1. The number of rotatable bonds is 3. The minimum Gasteiger partial charge on any atom is -0.387 e. The number of amides is 1. The number of carbonyl (C=O) groups excluding carboxylic acids is 1. The van der Waals surface area contributed by atoms with Gasteiger partial charge >= 0.3 is 0 Å². The van der Waals surface area contributed by atoms with Crippen molar-refractivity contribution in [3.05, 3.63) is 35.5 Å². The number of hydrogen-bond acceptors (Lipinski definition) is 3. The van der Waals surface area contributed by atoms with Gasteiger partial charge in [-0.3, -0.25) is 9.89 Å². The highest BCUT2D eigenvalue weighted by atomic mass is 127. The number of H-pyrrole nitrogens is 2. The van der Waals surface area contributed by atoms with E-state index in [4.69, 9.17) is 5.11 Å². The number of aliphatic hydroxyl groups is 1. The van der Waals surface area contributed by atoms with Crippen molar-refractivity contribution in [2.24, 2.45) is 0 Å². The Bertz CT molecular complexity index is 989. The molecule has 0 fully saturated rings. The van der Waals surface area contributed by atoms with E-state index in [-0.39, 0.29) is 9.33 Å². The van der Waals surface area contributed by atoms with E-state index in [1.807, 2.05) is 18.2 Å². The fourth-order valence-corrected chi connectivity index (χ4v) is 4.24. The van der Waals surface area contributed by atoms with E-state index in [1.165, 1.54) is 16.2 Å². The Morgan fingerprint density at radius 3 is 3.00 bits per heavy atom. The summed E-state index contributed by atoms with van der Waals surface area (Å²) in [6.45, 7) is 1.79. The molecule has 6 nitrogen and oxygen atoms in total. The number of halogens is 1. The molecule has 0 spiro atoms. The van der Waals surface area contributed by atoms with Gasteiger partial charge in [-0.2, -0.15) is 5.10 Å². The van der Waals surface area contributed by atoms with E-state index in [1.54, 1.807) is 7.05 Å². The third kappa shape index (κ3) is 3.03. The zero-order chi connectivity index (χ0) is 18.5. The number of anilines is 1. The van der Waals surface area contributed by atoms with E-state index in [2.05, 4.69) is 50.8 Å². The van der Waals surface area contributed by atoms with Crippen molar-refractivity contribution in [2.75, 3.05) is 18.6 Å². The normalized spacial score (nSPS) is 19.5. The molecule has 2 heterocycles. The minimum atomic E-state index is -0.498. The highest BCUT2D eigenvalue weighted by Crippen LogP contribution is 2.38. The summed E-state index contributed by atoms with van der Waals surface area (Å²) in [7, 11) is 1.67. The summed E-state index contributed by atoms with van der Waals surface area (Å²) in [6, 6.07) is 7.85. The second-order valence-electron chi connectivity index (χ2n) is 7.18. The summed E-state index contributed by atoms with van der Waals surface area (Å²) in [5.41, 5.74) is 6.27. The maximum absolute atomic E-state index is 11.7. The van der Waals surface area contributed by atoms with Gasteiger partial charge in [0, 0.05) is 44.7 Å². The van der Waals surface area contributed by atoms with E-state index in [9.17, 15) is 4.79 Å². The van der Waals surface area contributed by atoms with E-state index in [0.717, 1.165) is 47.2 Å². The molecule has 1 aliphatic carbocycles. The monoisotopic (exact) mass is 464 g/mol. The first-order valence-electron chi connectivity index (χ1n) is 8.63. The molecular formula is C19H21IN4O2. The van der Waals surface area contributed by atoms with Gasteiger partial charge in [0.2, 0.25) is 0 Å². The molecule has 2 aromatic heterocycles. The SMILES string of the molecule is CN(C(=O)CO)c1ccc2[nH]c(-c3n[nH]c4c3CCC(C)(I)C4)cc2c1. The molecule has 1 unspecified atom stereocenters. The molecule has 0 saturated carbocycles. The number of nitrogens with zero attached hydrogens (tertiary/aromatic N) is 2. The number of hydrogen-bond donors (Lipinski definition) is 3. The van der Waals surface area contributed by atoms with Crippen molar-refractivity contribution in [3.8, 4) is 11.4 Å². The number of aromatic nitrogens is 3. The Morgan fingerprint density at radius 2 is 2.23 bits per heavy atom. The number of nitrogens with one attached hydrogen (secondary N) is 2. The average Bonchev–Trinajstić information content (AvgIpc) is 3.21. The second-order valence-corrected chi connectivity index (χ2v) is 9.79. The number of aromatic amines is 2. The Labute approximate surface area is 165 Å². The molecule has 1 aliphatic rings. The summed E-state index contributed by atoms with van der Waals surface area (Å²) in [4.78, 5) is 16.6. The third-order valence-corrected chi connectivity index (χ3v) is 6.07. The number of alkyl halides is 1. The molecule has 0 saturated heterocycles. The smallest absolute Gasteiger partial charge is 0.252 e. The van der Waals surface area contributed by atoms with Crippen LogP contribution in [0.2, 0.25) is 0 Å². The van der Waals surface area contributed by atoms with Crippen LogP contribution in [0.15, 0.2) is 24.3 Å². The van der Waals surface area contributed by atoms with Gasteiger partial charge in [-0.1, -0.05) is 29.5 Å². The number of aliphatic hydroxyl groups excluding tert-OH is 1. The summed E-state index contributed by atoms with van der Waals surface area (Å²) < 4.78 is 0.285. The summed E-state index contributed by atoms with van der Waals surface area (Å²) in [6.07, 6.45) is 3.18. The third-order valence-electron chi connectivity index (χ3n) is 5.15. The van der Waals surface area contributed by atoms with Crippen LogP contribution in [0.25, 0.3) is 22.3 Å².